The minimum absolute atomic E-state index is 0.0898. The number of likely N-dealkylation sites (tertiary alicyclic amines) is 1. The van der Waals surface area contributed by atoms with E-state index in [1.54, 1.807) is 12.4 Å². The highest BCUT2D eigenvalue weighted by atomic mass is 16.5. The standard InChI is InChI=1S/C18H19N3O3/c22-18-12-23-17-2-1-13(9-16(17)20-18)10-21-8-5-15(11-21)24-14-3-6-19-7-4-14/h1-4,6-7,9,15H,5,8,10-12H2,(H,20,22)/t15-/m1/s1. The van der Waals surface area contributed by atoms with Crippen molar-refractivity contribution in [2.75, 3.05) is 25.0 Å². The van der Waals surface area contributed by atoms with Crippen LogP contribution in [0.5, 0.6) is 11.5 Å². The zero-order chi connectivity index (χ0) is 16.4. The third-order valence-electron chi connectivity index (χ3n) is 4.26. The van der Waals surface area contributed by atoms with Crippen molar-refractivity contribution < 1.29 is 14.3 Å². The van der Waals surface area contributed by atoms with Gasteiger partial charge in [-0.25, -0.2) is 0 Å². The number of aromatic nitrogens is 1. The van der Waals surface area contributed by atoms with E-state index in [1.807, 2.05) is 30.3 Å². The summed E-state index contributed by atoms with van der Waals surface area (Å²) < 4.78 is 11.4. The normalized spacial score (nSPS) is 20.2. The van der Waals surface area contributed by atoms with Gasteiger partial charge in [-0.15, -0.1) is 0 Å². The van der Waals surface area contributed by atoms with E-state index >= 15 is 0 Å². The van der Waals surface area contributed by atoms with E-state index in [-0.39, 0.29) is 18.6 Å². The van der Waals surface area contributed by atoms with Crippen LogP contribution in [0.15, 0.2) is 42.7 Å². The van der Waals surface area contributed by atoms with Gasteiger partial charge in [0.15, 0.2) is 6.61 Å². The monoisotopic (exact) mass is 325 g/mol. The van der Waals surface area contributed by atoms with Gasteiger partial charge in [-0.2, -0.15) is 0 Å². The van der Waals surface area contributed by atoms with E-state index in [0.29, 0.717) is 0 Å². The molecule has 2 aliphatic rings. The minimum atomic E-state index is -0.105. The largest absolute Gasteiger partial charge is 0.489 e. The molecule has 0 aliphatic carbocycles. The fourth-order valence-corrected chi connectivity index (χ4v) is 3.13. The molecule has 0 radical (unpaired) electrons. The lowest BCUT2D eigenvalue weighted by molar-refractivity contribution is -0.118. The van der Waals surface area contributed by atoms with E-state index in [4.69, 9.17) is 9.47 Å². The van der Waals surface area contributed by atoms with Gasteiger partial charge in [0.25, 0.3) is 5.91 Å². The number of carbonyl (C=O) groups excluding carboxylic acids is 1. The second-order valence-electron chi connectivity index (χ2n) is 6.11. The third-order valence-corrected chi connectivity index (χ3v) is 4.26. The third kappa shape index (κ3) is 3.33. The second kappa shape index (κ2) is 6.49. The fraction of sp³-hybridized carbons (Fsp3) is 0.333. The van der Waals surface area contributed by atoms with Crippen LogP contribution in [0, 0.1) is 0 Å². The number of hydrogen-bond donors (Lipinski definition) is 1. The predicted molar refractivity (Wildman–Crippen MR) is 89.1 cm³/mol. The number of nitrogens with zero attached hydrogens (tertiary/aromatic N) is 2. The van der Waals surface area contributed by atoms with Crippen LogP contribution in [0.3, 0.4) is 0 Å². The summed E-state index contributed by atoms with van der Waals surface area (Å²) in [6.07, 6.45) is 4.69. The van der Waals surface area contributed by atoms with Gasteiger partial charge in [-0.1, -0.05) is 6.07 Å². The average molecular weight is 325 g/mol. The summed E-state index contributed by atoms with van der Waals surface area (Å²) in [5, 5.41) is 2.85. The molecule has 0 saturated carbocycles. The van der Waals surface area contributed by atoms with Crippen LogP contribution in [-0.2, 0) is 11.3 Å². The molecule has 1 amide bonds. The number of rotatable bonds is 4. The maximum Gasteiger partial charge on any atom is 0.262 e. The maximum atomic E-state index is 11.4. The summed E-state index contributed by atoms with van der Waals surface area (Å²) in [5.41, 5.74) is 1.91. The number of hydrogen-bond acceptors (Lipinski definition) is 5. The van der Waals surface area contributed by atoms with Crippen molar-refractivity contribution in [1.29, 1.82) is 0 Å². The predicted octanol–water partition coefficient (Wildman–Crippen LogP) is 2.07. The molecule has 0 unspecified atom stereocenters. The number of amides is 1. The molecule has 1 aromatic carbocycles. The molecule has 0 bridgehead atoms. The van der Waals surface area contributed by atoms with Gasteiger partial charge in [-0.05, 0) is 36.2 Å². The Morgan fingerprint density at radius 2 is 2.17 bits per heavy atom. The van der Waals surface area contributed by atoms with Gasteiger partial charge >= 0.3 is 0 Å². The van der Waals surface area contributed by atoms with Crippen molar-refractivity contribution in [1.82, 2.24) is 9.88 Å². The molecular weight excluding hydrogens is 306 g/mol. The number of anilines is 1. The first-order chi connectivity index (χ1) is 11.8. The highest BCUT2D eigenvalue weighted by Gasteiger charge is 2.24. The highest BCUT2D eigenvalue weighted by Crippen LogP contribution is 2.29. The quantitative estimate of drug-likeness (QED) is 0.932. The molecule has 1 N–H and O–H groups in total. The lowest BCUT2D eigenvalue weighted by Crippen LogP contribution is -2.26. The highest BCUT2D eigenvalue weighted by molar-refractivity contribution is 5.95. The zero-order valence-corrected chi connectivity index (χ0v) is 13.3. The maximum absolute atomic E-state index is 11.4. The van der Waals surface area contributed by atoms with Crippen LogP contribution >= 0.6 is 0 Å². The van der Waals surface area contributed by atoms with Crippen LogP contribution in [0.4, 0.5) is 5.69 Å². The summed E-state index contributed by atoms with van der Waals surface area (Å²) >= 11 is 0. The summed E-state index contributed by atoms with van der Waals surface area (Å²) in [6, 6.07) is 9.73. The molecule has 0 spiro atoms. The van der Waals surface area contributed by atoms with E-state index in [2.05, 4.69) is 15.2 Å². The molecule has 2 aliphatic heterocycles. The summed E-state index contributed by atoms with van der Waals surface area (Å²) in [6.45, 7) is 2.81. The number of fused-ring (bicyclic) bond motifs is 1. The van der Waals surface area contributed by atoms with E-state index in [0.717, 1.165) is 48.8 Å². The van der Waals surface area contributed by atoms with E-state index < -0.39 is 0 Å². The molecule has 6 nitrogen and oxygen atoms in total. The Hall–Kier alpha value is -2.60. The van der Waals surface area contributed by atoms with Crippen LogP contribution in [-0.4, -0.2) is 41.6 Å². The van der Waals surface area contributed by atoms with Crippen molar-refractivity contribution in [3.8, 4) is 11.5 Å². The molecule has 1 atom stereocenters. The van der Waals surface area contributed by atoms with Crippen molar-refractivity contribution in [3.63, 3.8) is 0 Å². The van der Waals surface area contributed by atoms with Crippen molar-refractivity contribution in [2.24, 2.45) is 0 Å². The smallest absolute Gasteiger partial charge is 0.262 e. The SMILES string of the molecule is O=C1COc2ccc(CN3CC[C@@H](Oc4ccncc4)C3)cc2N1. The molecule has 2 aromatic rings. The molecular formula is C18H19N3O3. The summed E-state index contributed by atoms with van der Waals surface area (Å²) in [7, 11) is 0. The first kappa shape index (κ1) is 15.0. The molecule has 6 heteroatoms. The number of benzene rings is 1. The van der Waals surface area contributed by atoms with Gasteiger partial charge in [-0.3, -0.25) is 14.7 Å². The second-order valence-corrected chi connectivity index (χ2v) is 6.11. The molecule has 1 saturated heterocycles. The van der Waals surface area contributed by atoms with Gasteiger partial charge in [0.2, 0.25) is 0 Å². The molecule has 124 valence electrons. The van der Waals surface area contributed by atoms with E-state index in [1.165, 1.54) is 0 Å². The first-order valence-electron chi connectivity index (χ1n) is 8.11. The number of nitrogens with one attached hydrogen (secondary N) is 1. The van der Waals surface area contributed by atoms with Crippen LogP contribution < -0.4 is 14.8 Å². The molecule has 4 rings (SSSR count). The summed E-state index contributed by atoms with van der Waals surface area (Å²) in [4.78, 5) is 17.8. The number of carbonyl (C=O) groups is 1. The van der Waals surface area contributed by atoms with Crippen molar-refractivity contribution in [2.45, 2.75) is 19.1 Å². The van der Waals surface area contributed by atoms with Crippen LogP contribution in [0.2, 0.25) is 0 Å². The number of pyridine rings is 1. The summed E-state index contributed by atoms with van der Waals surface area (Å²) in [5.74, 6) is 1.50. The van der Waals surface area contributed by atoms with Gasteiger partial charge in [0.1, 0.15) is 17.6 Å². The first-order valence-corrected chi connectivity index (χ1v) is 8.11. The Labute approximate surface area is 140 Å². The number of ether oxygens (including phenoxy) is 2. The Bertz CT molecular complexity index is 736. The van der Waals surface area contributed by atoms with E-state index in [9.17, 15) is 4.79 Å². The zero-order valence-electron chi connectivity index (χ0n) is 13.3. The van der Waals surface area contributed by atoms with Crippen molar-refractivity contribution >= 4 is 11.6 Å². The molecule has 1 aromatic heterocycles. The molecule has 3 heterocycles. The topological polar surface area (TPSA) is 63.7 Å². The van der Waals surface area contributed by atoms with Gasteiger partial charge in [0.05, 0.1) is 5.69 Å². The minimum Gasteiger partial charge on any atom is -0.489 e. The Morgan fingerprint density at radius 1 is 1.29 bits per heavy atom. The van der Waals surface area contributed by atoms with Gasteiger partial charge in [0, 0.05) is 32.0 Å². The Kier molecular flexibility index (Phi) is 4.04. The lowest BCUT2D eigenvalue weighted by Gasteiger charge is -2.20. The molecule has 24 heavy (non-hydrogen) atoms. The van der Waals surface area contributed by atoms with Crippen molar-refractivity contribution in [3.05, 3.63) is 48.3 Å². The van der Waals surface area contributed by atoms with Crippen LogP contribution in [0.1, 0.15) is 12.0 Å². The lowest BCUT2D eigenvalue weighted by atomic mass is 10.1. The van der Waals surface area contributed by atoms with Gasteiger partial charge < -0.3 is 14.8 Å². The Morgan fingerprint density at radius 3 is 3.04 bits per heavy atom. The molecule has 1 fully saturated rings. The fourth-order valence-electron chi connectivity index (χ4n) is 3.13. The Balaban J connectivity index is 1.36. The van der Waals surface area contributed by atoms with Crippen LogP contribution in [0.25, 0.3) is 0 Å². The average Bonchev–Trinajstić information content (AvgIpc) is 3.02.